The Balaban J connectivity index is 1.41. The quantitative estimate of drug-likeness (QED) is 0.685. The molecule has 0 unspecified atom stereocenters. The number of hydrogen-bond acceptors (Lipinski definition) is 4. The second-order valence-corrected chi connectivity index (χ2v) is 7.34. The number of aryl methyl sites for hydroxylation is 2. The van der Waals surface area contributed by atoms with Crippen LogP contribution in [0.25, 0.3) is 10.9 Å². The molecular weight excluding hydrogens is 352 g/mol. The number of fused-ring (bicyclic) bond motifs is 1. The van der Waals surface area contributed by atoms with Gasteiger partial charge in [-0.3, -0.25) is 19.1 Å². The second kappa shape index (κ2) is 7.92. The highest BCUT2D eigenvalue weighted by Gasteiger charge is 2.29. The molecule has 2 aromatic heterocycles. The van der Waals surface area contributed by atoms with Gasteiger partial charge in [0.2, 0.25) is 5.91 Å². The first-order valence-corrected chi connectivity index (χ1v) is 9.79. The molecule has 28 heavy (non-hydrogen) atoms. The van der Waals surface area contributed by atoms with Gasteiger partial charge < -0.3 is 4.90 Å². The minimum Gasteiger partial charge on any atom is -0.336 e. The van der Waals surface area contributed by atoms with Crippen molar-refractivity contribution < 1.29 is 4.79 Å². The summed E-state index contributed by atoms with van der Waals surface area (Å²) < 4.78 is 1.61. The lowest BCUT2D eigenvalue weighted by Gasteiger charge is -2.25. The van der Waals surface area contributed by atoms with Crippen molar-refractivity contribution in [3.63, 3.8) is 0 Å². The number of amides is 1. The summed E-state index contributed by atoms with van der Waals surface area (Å²) in [4.78, 5) is 35.9. The molecule has 6 nitrogen and oxygen atoms in total. The summed E-state index contributed by atoms with van der Waals surface area (Å²) in [7, 11) is 0. The van der Waals surface area contributed by atoms with Crippen LogP contribution in [0.5, 0.6) is 0 Å². The molecule has 1 aromatic carbocycles. The van der Waals surface area contributed by atoms with Gasteiger partial charge in [-0.15, -0.1) is 0 Å². The lowest BCUT2D eigenvalue weighted by molar-refractivity contribution is -0.132. The van der Waals surface area contributed by atoms with E-state index in [-0.39, 0.29) is 17.5 Å². The Kier molecular flexibility index (Phi) is 5.19. The summed E-state index contributed by atoms with van der Waals surface area (Å²) in [5.41, 5.74) is 2.84. The topological polar surface area (TPSA) is 68.1 Å². The van der Waals surface area contributed by atoms with Crippen LogP contribution in [0.2, 0.25) is 0 Å². The summed E-state index contributed by atoms with van der Waals surface area (Å²) in [5.74, 6) is 0.150. The molecule has 1 aliphatic rings. The van der Waals surface area contributed by atoms with E-state index >= 15 is 0 Å². The van der Waals surface area contributed by atoms with E-state index in [0.717, 1.165) is 36.0 Å². The lowest BCUT2D eigenvalue weighted by atomic mass is 10.1. The first-order valence-electron chi connectivity index (χ1n) is 9.79. The van der Waals surface area contributed by atoms with E-state index in [1.165, 1.54) is 0 Å². The van der Waals surface area contributed by atoms with Crippen molar-refractivity contribution in [3.8, 4) is 0 Å². The Bertz CT molecular complexity index is 1050. The molecule has 4 rings (SSSR count). The number of carbonyl (C=O) groups excluding carboxylic acids is 1. The van der Waals surface area contributed by atoms with Gasteiger partial charge in [-0.25, -0.2) is 4.98 Å². The fraction of sp³-hybridized carbons (Fsp3) is 0.364. The van der Waals surface area contributed by atoms with E-state index in [1.807, 2.05) is 42.2 Å². The maximum absolute atomic E-state index is 12.8. The van der Waals surface area contributed by atoms with Gasteiger partial charge in [0.1, 0.15) is 0 Å². The van der Waals surface area contributed by atoms with Gasteiger partial charge in [-0.1, -0.05) is 12.1 Å². The number of para-hydroxylation sites is 1. The number of aromatic nitrogens is 3. The number of carbonyl (C=O) groups is 1. The van der Waals surface area contributed by atoms with Gasteiger partial charge in [0.15, 0.2) is 0 Å². The van der Waals surface area contributed by atoms with Crippen LogP contribution in [-0.4, -0.2) is 31.9 Å². The normalized spacial score (nSPS) is 16.6. The third-order valence-corrected chi connectivity index (χ3v) is 5.51. The Morgan fingerprint density at radius 1 is 1.21 bits per heavy atom. The van der Waals surface area contributed by atoms with E-state index in [9.17, 15) is 9.59 Å². The molecule has 3 heterocycles. The summed E-state index contributed by atoms with van der Waals surface area (Å²) in [6.45, 7) is 3.24. The number of hydrogen-bond donors (Lipinski definition) is 0. The van der Waals surface area contributed by atoms with Crippen LogP contribution in [0.3, 0.4) is 0 Å². The number of nitrogens with zero attached hydrogens (tertiary/aromatic N) is 4. The summed E-state index contributed by atoms with van der Waals surface area (Å²) in [5, 5.41) is 0.631. The summed E-state index contributed by atoms with van der Waals surface area (Å²) in [6.07, 6.45) is 8.21. The van der Waals surface area contributed by atoms with Gasteiger partial charge in [0.05, 0.1) is 23.3 Å². The highest BCUT2D eigenvalue weighted by Crippen LogP contribution is 2.32. The van der Waals surface area contributed by atoms with Gasteiger partial charge in [0, 0.05) is 31.9 Å². The van der Waals surface area contributed by atoms with E-state index in [4.69, 9.17) is 0 Å². The van der Waals surface area contributed by atoms with Crippen molar-refractivity contribution in [2.45, 2.75) is 45.2 Å². The Hall–Kier alpha value is -3.02. The van der Waals surface area contributed by atoms with Crippen molar-refractivity contribution in [2.75, 3.05) is 6.54 Å². The molecule has 144 valence electrons. The standard InChI is InChI=1S/C22H24N4O2/c1-16-5-2-6-18-21(16)24-15-25(22(18)28)13-4-8-20(27)26-14-3-7-19(26)17-9-11-23-12-10-17/h2,5-6,9-12,15,19H,3-4,7-8,13-14H2,1H3/t19-/m0/s1. The third-order valence-electron chi connectivity index (χ3n) is 5.51. The monoisotopic (exact) mass is 376 g/mol. The predicted molar refractivity (Wildman–Crippen MR) is 108 cm³/mol. The zero-order valence-electron chi connectivity index (χ0n) is 16.0. The summed E-state index contributed by atoms with van der Waals surface area (Å²) in [6, 6.07) is 9.75. The van der Waals surface area contributed by atoms with Crippen molar-refractivity contribution in [2.24, 2.45) is 0 Å². The zero-order valence-corrected chi connectivity index (χ0v) is 16.0. The first-order chi connectivity index (χ1) is 13.6. The van der Waals surface area contributed by atoms with Gasteiger partial charge in [-0.05, 0) is 55.5 Å². The van der Waals surface area contributed by atoms with Gasteiger partial charge >= 0.3 is 0 Å². The number of rotatable bonds is 5. The highest BCUT2D eigenvalue weighted by molar-refractivity contribution is 5.80. The average Bonchev–Trinajstić information content (AvgIpc) is 3.21. The smallest absolute Gasteiger partial charge is 0.261 e. The lowest BCUT2D eigenvalue weighted by Crippen LogP contribution is -2.31. The van der Waals surface area contributed by atoms with Crippen LogP contribution in [-0.2, 0) is 11.3 Å². The van der Waals surface area contributed by atoms with Crippen LogP contribution in [0.1, 0.15) is 42.9 Å². The fourth-order valence-corrected chi connectivity index (χ4v) is 4.04. The number of pyridine rings is 1. The molecular formula is C22H24N4O2. The van der Waals surface area contributed by atoms with E-state index in [0.29, 0.717) is 24.8 Å². The molecule has 0 saturated carbocycles. The third kappa shape index (κ3) is 3.54. The molecule has 0 spiro atoms. The second-order valence-electron chi connectivity index (χ2n) is 7.34. The van der Waals surface area contributed by atoms with Crippen molar-refractivity contribution in [3.05, 3.63) is 70.5 Å². The SMILES string of the molecule is Cc1cccc2c(=O)n(CCCC(=O)N3CCC[C@H]3c3ccncc3)cnc12. The van der Waals surface area contributed by atoms with E-state index in [2.05, 4.69) is 9.97 Å². The molecule has 0 radical (unpaired) electrons. The Morgan fingerprint density at radius 3 is 2.86 bits per heavy atom. The maximum atomic E-state index is 12.8. The average molecular weight is 376 g/mol. The Morgan fingerprint density at radius 2 is 2.04 bits per heavy atom. The van der Waals surface area contributed by atoms with Crippen LogP contribution in [0.4, 0.5) is 0 Å². The zero-order chi connectivity index (χ0) is 19.5. The van der Waals surface area contributed by atoms with Crippen LogP contribution in [0, 0.1) is 6.92 Å². The molecule has 0 aliphatic carbocycles. The molecule has 1 amide bonds. The number of likely N-dealkylation sites (tertiary alicyclic amines) is 1. The largest absolute Gasteiger partial charge is 0.336 e. The van der Waals surface area contributed by atoms with Crippen molar-refractivity contribution >= 4 is 16.8 Å². The molecule has 0 N–H and O–H groups in total. The molecule has 1 fully saturated rings. The molecule has 3 aromatic rings. The van der Waals surface area contributed by atoms with Crippen LogP contribution in [0.15, 0.2) is 53.8 Å². The Labute approximate surface area is 163 Å². The molecule has 1 saturated heterocycles. The maximum Gasteiger partial charge on any atom is 0.261 e. The van der Waals surface area contributed by atoms with E-state index < -0.39 is 0 Å². The first kappa shape index (κ1) is 18.3. The molecule has 6 heteroatoms. The highest BCUT2D eigenvalue weighted by atomic mass is 16.2. The summed E-state index contributed by atoms with van der Waals surface area (Å²) >= 11 is 0. The van der Waals surface area contributed by atoms with Crippen molar-refractivity contribution in [1.82, 2.24) is 19.4 Å². The van der Waals surface area contributed by atoms with Crippen LogP contribution < -0.4 is 5.56 Å². The molecule has 0 bridgehead atoms. The fourth-order valence-electron chi connectivity index (χ4n) is 4.04. The molecule has 1 atom stereocenters. The minimum atomic E-state index is -0.0445. The van der Waals surface area contributed by atoms with E-state index in [1.54, 1.807) is 23.3 Å². The van der Waals surface area contributed by atoms with Crippen LogP contribution >= 0.6 is 0 Å². The van der Waals surface area contributed by atoms with Gasteiger partial charge in [-0.2, -0.15) is 0 Å². The number of benzene rings is 1. The van der Waals surface area contributed by atoms with Crippen molar-refractivity contribution in [1.29, 1.82) is 0 Å². The predicted octanol–water partition coefficient (Wildman–Crippen LogP) is 3.24. The molecule has 1 aliphatic heterocycles. The minimum absolute atomic E-state index is 0.0445. The van der Waals surface area contributed by atoms with Gasteiger partial charge in [0.25, 0.3) is 5.56 Å².